The molecule has 84 valence electrons. The molecule has 2 aromatic rings. The zero-order chi connectivity index (χ0) is 11.9. The van der Waals surface area contributed by atoms with E-state index in [0.29, 0.717) is 5.56 Å². The number of anilines is 1. The Kier molecular flexibility index (Phi) is 2.55. The summed E-state index contributed by atoms with van der Waals surface area (Å²) >= 11 is 5.55. The van der Waals surface area contributed by atoms with Crippen molar-refractivity contribution < 1.29 is 8.78 Å². The van der Waals surface area contributed by atoms with Crippen LogP contribution in [0, 0.1) is 11.6 Å². The minimum absolute atomic E-state index is 0.00981. The van der Waals surface area contributed by atoms with E-state index >= 15 is 0 Å². The third-order valence-corrected chi connectivity index (χ3v) is 2.54. The van der Waals surface area contributed by atoms with Crippen LogP contribution in [0.2, 0.25) is 5.02 Å². The maximum atomic E-state index is 13.7. The van der Waals surface area contributed by atoms with Crippen LogP contribution in [-0.2, 0) is 7.05 Å². The van der Waals surface area contributed by atoms with Crippen molar-refractivity contribution in [2.75, 3.05) is 5.73 Å². The van der Waals surface area contributed by atoms with Gasteiger partial charge in [-0.25, -0.2) is 8.78 Å². The molecule has 0 aliphatic carbocycles. The zero-order valence-electron chi connectivity index (χ0n) is 8.34. The molecule has 1 aromatic carbocycles. The molecule has 6 heteroatoms. The summed E-state index contributed by atoms with van der Waals surface area (Å²) in [5, 5.41) is 3.57. The van der Waals surface area contributed by atoms with Crippen molar-refractivity contribution in [2.45, 2.75) is 0 Å². The van der Waals surface area contributed by atoms with Gasteiger partial charge < -0.3 is 5.73 Å². The van der Waals surface area contributed by atoms with Gasteiger partial charge in [-0.2, -0.15) is 5.10 Å². The molecule has 0 atom stereocenters. The Morgan fingerprint density at radius 3 is 2.56 bits per heavy atom. The lowest BCUT2D eigenvalue weighted by Gasteiger charge is -2.04. The van der Waals surface area contributed by atoms with Crippen LogP contribution in [0.5, 0.6) is 0 Å². The van der Waals surface area contributed by atoms with Gasteiger partial charge in [0, 0.05) is 18.2 Å². The molecular weight excluding hydrogens is 236 g/mol. The fraction of sp³-hybridized carbons (Fsp3) is 0.100. The highest BCUT2D eigenvalue weighted by molar-refractivity contribution is 6.31. The standard InChI is InChI=1S/C10H8ClF2N3/c1-16-10(14)7(4-15-16)6-2-5(12)3-8(11)9(6)13/h2-4H,14H2,1H3. The number of halogens is 3. The van der Waals surface area contributed by atoms with Crippen molar-refractivity contribution in [3.05, 3.63) is 35.0 Å². The first-order valence-corrected chi connectivity index (χ1v) is 4.81. The van der Waals surface area contributed by atoms with Crippen LogP contribution >= 0.6 is 11.6 Å². The second-order valence-electron chi connectivity index (χ2n) is 3.32. The zero-order valence-corrected chi connectivity index (χ0v) is 9.09. The number of hydrogen-bond donors (Lipinski definition) is 1. The van der Waals surface area contributed by atoms with Gasteiger partial charge in [0.2, 0.25) is 0 Å². The lowest BCUT2D eigenvalue weighted by molar-refractivity contribution is 0.603. The van der Waals surface area contributed by atoms with Crippen LogP contribution in [0.4, 0.5) is 14.6 Å². The summed E-state index contributed by atoms with van der Waals surface area (Å²) < 4.78 is 28.1. The molecule has 2 N–H and O–H groups in total. The highest BCUT2D eigenvalue weighted by Crippen LogP contribution is 2.31. The number of benzene rings is 1. The molecule has 1 heterocycles. The Bertz CT molecular complexity index is 551. The Hall–Kier alpha value is -1.62. The van der Waals surface area contributed by atoms with E-state index in [4.69, 9.17) is 17.3 Å². The summed E-state index contributed by atoms with van der Waals surface area (Å²) in [5.74, 6) is -1.08. The van der Waals surface area contributed by atoms with Crippen molar-refractivity contribution in [3.8, 4) is 11.1 Å². The van der Waals surface area contributed by atoms with Crippen molar-refractivity contribution in [1.82, 2.24) is 9.78 Å². The number of rotatable bonds is 1. The van der Waals surface area contributed by atoms with Gasteiger partial charge in [0.25, 0.3) is 0 Å². The van der Waals surface area contributed by atoms with Gasteiger partial charge in [-0.1, -0.05) is 11.6 Å². The normalized spacial score (nSPS) is 10.8. The Morgan fingerprint density at radius 2 is 2.00 bits per heavy atom. The van der Waals surface area contributed by atoms with Gasteiger partial charge in [-0.15, -0.1) is 0 Å². The van der Waals surface area contributed by atoms with Crippen molar-refractivity contribution >= 4 is 17.4 Å². The van der Waals surface area contributed by atoms with E-state index in [2.05, 4.69) is 5.10 Å². The number of aromatic nitrogens is 2. The molecule has 1 aromatic heterocycles. The van der Waals surface area contributed by atoms with Crippen LogP contribution in [0.15, 0.2) is 18.3 Å². The lowest BCUT2D eigenvalue weighted by Crippen LogP contribution is -1.99. The number of nitrogens with zero attached hydrogens (tertiary/aromatic N) is 2. The van der Waals surface area contributed by atoms with E-state index in [0.717, 1.165) is 12.1 Å². The minimum atomic E-state index is -0.706. The largest absolute Gasteiger partial charge is 0.383 e. The Morgan fingerprint density at radius 1 is 1.31 bits per heavy atom. The summed E-state index contributed by atoms with van der Waals surface area (Å²) in [5.41, 5.74) is 6.00. The molecule has 0 spiro atoms. The Labute approximate surface area is 95.4 Å². The number of aryl methyl sites for hydroxylation is 1. The van der Waals surface area contributed by atoms with Crippen LogP contribution in [-0.4, -0.2) is 9.78 Å². The first kappa shape index (κ1) is 10.9. The van der Waals surface area contributed by atoms with Gasteiger partial charge in [0.05, 0.1) is 11.2 Å². The maximum Gasteiger partial charge on any atom is 0.150 e. The summed E-state index contributed by atoms with van der Waals surface area (Å²) in [6, 6.07) is 1.95. The fourth-order valence-electron chi connectivity index (χ4n) is 1.41. The molecule has 0 amide bonds. The van der Waals surface area contributed by atoms with Crippen LogP contribution in [0.3, 0.4) is 0 Å². The van der Waals surface area contributed by atoms with Gasteiger partial charge in [0.15, 0.2) is 0 Å². The Balaban J connectivity index is 2.69. The summed E-state index contributed by atoms with van der Waals surface area (Å²) in [6.07, 6.45) is 1.36. The molecule has 0 fully saturated rings. The third kappa shape index (κ3) is 1.63. The van der Waals surface area contributed by atoms with Gasteiger partial charge in [-0.05, 0) is 12.1 Å². The van der Waals surface area contributed by atoms with E-state index in [1.807, 2.05) is 0 Å². The van der Waals surface area contributed by atoms with Gasteiger partial charge in [0.1, 0.15) is 17.5 Å². The van der Waals surface area contributed by atoms with E-state index in [1.54, 1.807) is 7.05 Å². The maximum absolute atomic E-state index is 13.7. The first-order valence-electron chi connectivity index (χ1n) is 4.43. The average molecular weight is 244 g/mol. The summed E-state index contributed by atoms with van der Waals surface area (Å²) in [4.78, 5) is 0. The topological polar surface area (TPSA) is 43.8 Å². The SMILES string of the molecule is Cn1ncc(-c2cc(F)cc(Cl)c2F)c1N. The predicted molar refractivity (Wildman–Crippen MR) is 58.0 cm³/mol. The molecule has 0 saturated carbocycles. The smallest absolute Gasteiger partial charge is 0.150 e. The number of nitrogens with two attached hydrogens (primary N) is 1. The van der Waals surface area contributed by atoms with Crippen molar-refractivity contribution in [1.29, 1.82) is 0 Å². The second kappa shape index (κ2) is 3.75. The van der Waals surface area contributed by atoms with Crippen molar-refractivity contribution in [2.24, 2.45) is 7.05 Å². The monoisotopic (exact) mass is 243 g/mol. The first-order chi connectivity index (χ1) is 7.50. The predicted octanol–water partition coefficient (Wildman–Crippen LogP) is 2.60. The molecule has 16 heavy (non-hydrogen) atoms. The minimum Gasteiger partial charge on any atom is -0.383 e. The highest BCUT2D eigenvalue weighted by Gasteiger charge is 2.15. The molecule has 0 saturated heterocycles. The van der Waals surface area contributed by atoms with Crippen LogP contribution in [0.1, 0.15) is 0 Å². The molecular formula is C10H8ClF2N3. The van der Waals surface area contributed by atoms with E-state index in [1.165, 1.54) is 10.9 Å². The van der Waals surface area contributed by atoms with Crippen LogP contribution in [0.25, 0.3) is 11.1 Å². The lowest BCUT2D eigenvalue weighted by atomic mass is 10.1. The van der Waals surface area contributed by atoms with Gasteiger partial charge in [-0.3, -0.25) is 4.68 Å². The van der Waals surface area contributed by atoms with Crippen molar-refractivity contribution in [3.63, 3.8) is 0 Å². The van der Waals surface area contributed by atoms with E-state index in [-0.39, 0.29) is 16.4 Å². The molecule has 0 aliphatic heterocycles. The molecule has 2 rings (SSSR count). The quantitative estimate of drug-likeness (QED) is 0.783. The second-order valence-corrected chi connectivity index (χ2v) is 3.72. The molecule has 3 nitrogen and oxygen atoms in total. The molecule has 0 aliphatic rings. The van der Waals surface area contributed by atoms with Crippen LogP contribution < -0.4 is 5.73 Å². The van der Waals surface area contributed by atoms with E-state index in [9.17, 15) is 8.78 Å². The molecule has 0 radical (unpaired) electrons. The summed E-state index contributed by atoms with van der Waals surface area (Å²) in [7, 11) is 1.61. The van der Waals surface area contributed by atoms with E-state index < -0.39 is 11.6 Å². The third-order valence-electron chi connectivity index (χ3n) is 2.27. The fourth-order valence-corrected chi connectivity index (χ4v) is 1.61. The molecule has 0 unspecified atom stereocenters. The number of nitrogen functional groups attached to an aromatic ring is 1. The number of hydrogen-bond acceptors (Lipinski definition) is 2. The van der Waals surface area contributed by atoms with Gasteiger partial charge >= 0.3 is 0 Å². The molecule has 0 bridgehead atoms. The summed E-state index contributed by atoms with van der Waals surface area (Å²) in [6.45, 7) is 0. The highest BCUT2D eigenvalue weighted by atomic mass is 35.5. The average Bonchev–Trinajstić information content (AvgIpc) is 2.54.